The zero-order valence-electron chi connectivity index (χ0n) is 30.1. The highest BCUT2D eigenvalue weighted by atomic mass is 32.2. The second-order valence-corrected chi connectivity index (χ2v) is 15.2. The number of aliphatic hydroxyl groups is 2. The van der Waals surface area contributed by atoms with Gasteiger partial charge in [-0.1, -0.05) is 193 Å². The molecule has 7 nitrogen and oxygen atoms in total. The lowest BCUT2D eigenvalue weighted by molar-refractivity contribution is -0.130. The summed E-state index contributed by atoms with van der Waals surface area (Å²) in [7, 11) is -4.43. The van der Waals surface area contributed by atoms with Crippen molar-refractivity contribution in [2.45, 2.75) is 218 Å². The van der Waals surface area contributed by atoms with Gasteiger partial charge < -0.3 is 15.5 Å². The summed E-state index contributed by atoms with van der Waals surface area (Å²) >= 11 is 0. The van der Waals surface area contributed by atoms with Crippen molar-refractivity contribution in [2.24, 2.45) is 0 Å². The Morgan fingerprint density at radius 1 is 0.587 bits per heavy atom. The number of unbranched alkanes of at least 4 members (excludes halogenated alkanes) is 26. The van der Waals surface area contributed by atoms with E-state index in [-0.39, 0.29) is 6.42 Å². The van der Waals surface area contributed by atoms with Gasteiger partial charge in [0.25, 0.3) is 10.1 Å². The Morgan fingerprint density at radius 2 is 0.935 bits per heavy atom. The Balaban J connectivity index is 3.96. The van der Waals surface area contributed by atoms with Crippen molar-refractivity contribution >= 4 is 16.0 Å². The fourth-order valence-corrected chi connectivity index (χ4v) is 6.78. The highest BCUT2D eigenvalue weighted by molar-refractivity contribution is 7.85. The van der Waals surface area contributed by atoms with E-state index in [4.69, 9.17) is 0 Å². The van der Waals surface area contributed by atoms with Crippen LogP contribution in [0.2, 0.25) is 0 Å². The number of carbonyl (C=O) groups is 1. The summed E-state index contributed by atoms with van der Waals surface area (Å²) in [5.41, 5.74) is 0. The number of amides is 1. The molecule has 0 rings (SSSR count). The van der Waals surface area contributed by atoms with Crippen molar-refractivity contribution in [1.82, 2.24) is 5.32 Å². The van der Waals surface area contributed by atoms with Crippen LogP contribution in [0.1, 0.15) is 200 Å². The molecule has 0 aromatic carbocycles. The van der Waals surface area contributed by atoms with Gasteiger partial charge in [-0.15, -0.1) is 0 Å². The van der Waals surface area contributed by atoms with E-state index in [1.165, 1.54) is 141 Å². The first-order chi connectivity index (χ1) is 22.2. The van der Waals surface area contributed by atoms with E-state index in [2.05, 4.69) is 19.2 Å². The predicted octanol–water partition coefficient (Wildman–Crippen LogP) is 9.99. The van der Waals surface area contributed by atoms with Crippen LogP contribution < -0.4 is 5.32 Å². The zero-order chi connectivity index (χ0) is 34.1. The largest absolute Gasteiger partial charge is 0.387 e. The molecule has 0 aliphatic carbocycles. The molecule has 3 atom stereocenters. The average molecular weight is 674 g/mol. The molecule has 3 unspecified atom stereocenters. The lowest BCUT2D eigenvalue weighted by Gasteiger charge is -2.22. The molecular formula is C38H75NO6S. The fourth-order valence-electron chi connectivity index (χ4n) is 6.04. The van der Waals surface area contributed by atoms with Crippen LogP contribution in [0, 0.1) is 0 Å². The minimum atomic E-state index is -4.43. The molecule has 0 bridgehead atoms. The summed E-state index contributed by atoms with van der Waals surface area (Å²) in [6.07, 6.45) is 35.6. The molecule has 46 heavy (non-hydrogen) atoms. The Kier molecular flexibility index (Phi) is 31.9. The molecule has 274 valence electrons. The van der Waals surface area contributed by atoms with Gasteiger partial charge in [-0.05, 0) is 19.3 Å². The molecule has 0 aliphatic rings. The van der Waals surface area contributed by atoms with E-state index in [9.17, 15) is 28.0 Å². The van der Waals surface area contributed by atoms with Crippen LogP contribution in [0.3, 0.4) is 0 Å². The Morgan fingerprint density at radius 3 is 1.30 bits per heavy atom. The molecule has 0 aromatic heterocycles. The van der Waals surface area contributed by atoms with Gasteiger partial charge in [-0.25, -0.2) is 0 Å². The van der Waals surface area contributed by atoms with Crippen molar-refractivity contribution in [2.75, 3.05) is 5.75 Å². The second kappa shape index (κ2) is 32.6. The molecule has 0 aromatic rings. The summed E-state index contributed by atoms with van der Waals surface area (Å²) in [6.45, 7) is 4.48. The number of rotatable bonds is 35. The second-order valence-electron chi connectivity index (χ2n) is 13.7. The predicted molar refractivity (Wildman–Crippen MR) is 195 cm³/mol. The Hall–Kier alpha value is -0.960. The molecule has 0 saturated heterocycles. The SMILES string of the molecule is CCCCCCCCCC/C=C/C(O)C(CS(=O)(=O)O)NC(=O)C(O)CCCCCCCCCCCCCCCCCCCCC. The number of nitrogens with one attached hydrogen (secondary N) is 1. The number of carbonyl (C=O) groups excluding carboxylic acids is 1. The molecule has 0 aliphatic heterocycles. The smallest absolute Gasteiger partial charge is 0.267 e. The number of hydrogen-bond donors (Lipinski definition) is 4. The maximum atomic E-state index is 12.5. The van der Waals surface area contributed by atoms with E-state index >= 15 is 0 Å². The van der Waals surface area contributed by atoms with E-state index < -0.39 is 40.0 Å². The highest BCUT2D eigenvalue weighted by Gasteiger charge is 2.27. The third kappa shape index (κ3) is 31.6. The van der Waals surface area contributed by atoms with Gasteiger partial charge in [-0.2, -0.15) is 8.42 Å². The highest BCUT2D eigenvalue weighted by Crippen LogP contribution is 2.16. The molecular weight excluding hydrogens is 598 g/mol. The number of aliphatic hydroxyl groups excluding tert-OH is 2. The quantitative estimate of drug-likeness (QED) is 0.0302. The van der Waals surface area contributed by atoms with E-state index in [0.29, 0.717) is 6.42 Å². The van der Waals surface area contributed by atoms with Gasteiger partial charge in [0.1, 0.15) is 6.10 Å². The lowest BCUT2D eigenvalue weighted by atomic mass is 10.0. The van der Waals surface area contributed by atoms with Crippen LogP contribution in [-0.2, 0) is 14.9 Å². The first-order valence-electron chi connectivity index (χ1n) is 19.5. The Labute approximate surface area is 284 Å². The average Bonchev–Trinajstić information content (AvgIpc) is 3.01. The molecule has 0 fully saturated rings. The maximum Gasteiger partial charge on any atom is 0.267 e. The molecule has 0 saturated carbocycles. The molecule has 0 spiro atoms. The van der Waals surface area contributed by atoms with Crippen LogP contribution in [0.5, 0.6) is 0 Å². The van der Waals surface area contributed by atoms with Crippen LogP contribution in [0.25, 0.3) is 0 Å². The molecule has 1 amide bonds. The van der Waals surface area contributed by atoms with Gasteiger partial charge in [0.15, 0.2) is 0 Å². The maximum absolute atomic E-state index is 12.5. The molecule has 0 heterocycles. The first-order valence-corrected chi connectivity index (χ1v) is 21.1. The lowest BCUT2D eigenvalue weighted by Crippen LogP contribution is -2.50. The van der Waals surface area contributed by atoms with E-state index in [0.717, 1.165) is 38.5 Å². The van der Waals surface area contributed by atoms with Crippen molar-refractivity contribution in [3.63, 3.8) is 0 Å². The van der Waals surface area contributed by atoms with Crippen molar-refractivity contribution in [1.29, 1.82) is 0 Å². The van der Waals surface area contributed by atoms with Gasteiger partial charge in [0.05, 0.1) is 17.9 Å². The fraction of sp³-hybridized carbons (Fsp3) is 0.921. The topological polar surface area (TPSA) is 124 Å². The minimum absolute atomic E-state index is 0.285. The summed E-state index contributed by atoms with van der Waals surface area (Å²) in [6, 6.07) is -1.22. The van der Waals surface area contributed by atoms with Gasteiger partial charge in [0, 0.05) is 0 Å². The summed E-state index contributed by atoms with van der Waals surface area (Å²) < 4.78 is 32.3. The molecule has 0 radical (unpaired) electrons. The standard InChI is InChI=1S/C38H75NO6S/c1-3-5-7-9-11-13-15-16-17-18-19-20-21-22-23-25-27-29-31-33-37(41)38(42)39-35(34-46(43,44)45)36(40)32-30-28-26-24-14-12-10-8-6-4-2/h30,32,35-37,40-41H,3-29,31,33-34H2,1-2H3,(H,39,42)(H,43,44,45)/b32-30+. The summed E-state index contributed by atoms with van der Waals surface area (Å²) in [4.78, 5) is 12.5. The Bertz CT molecular complexity index is 803. The third-order valence-corrected chi connectivity index (χ3v) is 9.85. The molecule has 8 heteroatoms. The number of hydrogen-bond acceptors (Lipinski definition) is 5. The van der Waals surface area contributed by atoms with Gasteiger partial charge in [-0.3, -0.25) is 9.35 Å². The zero-order valence-corrected chi connectivity index (χ0v) is 30.9. The van der Waals surface area contributed by atoms with Gasteiger partial charge in [0.2, 0.25) is 5.91 Å². The first kappa shape index (κ1) is 45.0. The summed E-state index contributed by atoms with van der Waals surface area (Å²) in [5.74, 6) is -1.53. The van der Waals surface area contributed by atoms with Crippen molar-refractivity contribution < 1.29 is 28.0 Å². The van der Waals surface area contributed by atoms with Crippen molar-refractivity contribution in [3.05, 3.63) is 12.2 Å². The third-order valence-electron chi connectivity index (χ3n) is 9.07. The minimum Gasteiger partial charge on any atom is -0.387 e. The van der Waals surface area contributed by atoms with Crippen LogP contribution in [0.4, 0.5) is 0 Å². The van der Waals surface area contributed by atoms with Gasteiger partial charge >= 0.3 is 0 Å². The monoisotopic (exact) mass is 674 g/mol. The molecule has 4 N–H and O–H groups in total. The summed E-state index contributed by atoms with van der Waals surface area (Å²) in [5, 5.41) is 23.3. The van der Waals surface area contributed by atoms with Crippen molar-refractivity contribution in [3.8, 4) is 0 Å². The number of allylic oxidation sites excluding steroid dienone is 1. The normalized spacial score (nSPS) is 14.1. The van der Waals surface area contributed by atoms with E-state index in [1.807, 2.05) is 0 Å². The van der Waals surface area contributed by atoms with Crippen LogP contribution >= 0.6 is 0 Å². The van der Waals surface area contributed by atoms with E-state index in [1.54, 1.807) is 6.08 Å². The van der Waals surface area contributed by atoms with Crippen LogP contribution in [0.15, 0.2) is 12.2 Å². The van der Waals surface area contributed by atoms with Crippen LogP contribution in [-0.4, -0.2) is 53.1 Å².